The lowest BCUT2D eigenvalue weighted by atomic mass is 10.2. The number of hydrazone groups is 1. The van der Waals surface area contributed by atoms with Gasteiger partial charge in [-0.2, -0.15) is 5.10 Å². The highest BCUT2D eigenvalue weighted by molar-refractivity contribution is 9.11. The number of hydrogen-bond donors (Lipinski definition) is 3. The van der Waals surface area contributed by atoms with Crippen molar-refractivity contribution in [3.8, 4) is 11.5 Å². The molecule has 0 saturated carbocycles. The summed E-state index contributed by atoms with van der Waals surface area (Å²) in [6.45, 7) is 0. The Morgan fingerprint density at radius 1 is 1.04 bits per heavy atom. The van der Waals surface area contributed by atoms with Gasteiger partial charge in [0.2, 0.25) is 0 Å². The van der Waals surface area contributed by atoms with Crippen LogP contribution in [0.25, 0.3) is 10.9 Å². The van der Waals surface area contributed by atoms with E-state index in [9.17, 15) is 10.2 Å². The highest BCUT2D eigenvalue weighted by atomic mass is 79.9. The molecule has 2 aromatic carbocycles. The number of anilines is 1. The van der Waals surface area contributed by atoms with Gasteiger partial charge in [0.25, 0.3) is 0 Å². The molecule has 9 heteroatoms. The number of pyridine rings is 1. The number of phenolic OH excluding ortho intramolecular Hbond substituents is 2. The molecule has 0 atom stereocenters. The second-order valence-electron chi connectivity index (χ2n) is 4.98. The highest BCUT2D eigenvalue weighted by Crippen LogP contribution is 2.36. The number of phenols is 2. The number of benzene rings is 2. The smallest absolute Gasteiger partial charge is 0.160 e. The SMILES string of the molecule is Oc1c(Br)cc(Br)cc1/C=N\Nc1ccc2c(Cl)cc(Cl)c(O)c2n1. The molecule has 0 amide bonds. The second-order valence-corrected chi connectivity index (χ2v) is 7.56. The largest absolute Gasteiger partial charge is 0.506 e. The first-order valence-corrected chi connectivity index (χ1v) is 9.16. The fraction of sp³-hybridized carbons (Fsp3) is 0. The van der Waals surface area contributed by atoms with Crippen LogP contribution in [0.2, 0.25) is 10.0 Å². The molecule has 5 nitrogen and oxygen atoms in total. The lowest BCUT2D eigenvalue weighted by molar-refractivity contribution is 0.471. The average Bonchev–Trinajstić information content (AvgIpc) is 2.57. The summed E-state index contributed by atoms with van der Waals surface area (Å²) in [7, 11) is 0. The van der Waals surface area contributed by atoms with Crippen LogP contribution in [0.3, 0.4) is 0 Å². The fourth-order valence-corrected chi connectivity index (χ4v) is 3.89. The third-order valence-electron chi connectivity index (χ3n) is 3.30. The van der Waals surface area contributed by atoms with E-state index >= 15 is 0 Å². The third-order valence-corrected chi connectivity index (χ3v) is 4.96. The van der Waals surface area contributed by atoms with Crippen molar-refractivity contribution in [2.75, 3.05) is 5.43 Å². The molecule has 0 aliphatic rings. The minimum atomic E-state index is -0.151. The van der Waals surface area contributed by atoms with E-state index in [0.29, 0.717) is 26.3 Å². The van der Waals surface area contributed by atoms with Crippen LogP contribution in [-0.4, -0.2) is 21.4 Å². The van der Waals surface area contributed by atoms with Crippen LogP contribution in [0.15, 0.2) is 44.4 Å². The summed E-state index contributed by atoms with van der Waals surface area (Å²) in [5.41, 5.74) is 3.51. The van der Waals surface area contributed by atoms with Gasteiger partial charge in [0.15, 0.2) is 5.75 Å². The van der Waals surface area contributed by atoms with Gasteiger partial charge in [0.05, 0.1) is 20.7 Å². The maximum atomic E-state index is 10.0. The van der Waals surface area contributed by atoms with Crippen molar-refractivity contribution >= 4 is 78.0 Å². The van der Waals surface area contributed by atoms with Crippen LogP contribution in [0.1, 0.15) is 5.56 Å². The molecule has 3 N–H and O–H groups in total. The second kappa shape index (κ2) is 7.37. The Morgan fingerprint density at radius 3 is 2.56 bits per heavy atom. The molecule has 1 heterocycles. The van der Waals surface area contributed by atoms with Crippen molar-refractivity contribution in [2.24, 2.45) is 5.10 Å². The summed E-state index contributed by atoms with van der Waals surface area (Å²) in [5.74, 6) is 0.296. The van der Waals surface area contributed by atoms with Crippen LogP contribution < -0.4 is 5.43 Å². The zero-order valence-corrected chi connectivity index (χ0v) is 16.9. The third kappa shape index (κ3) is 3.84. The van der Waals surface area contributed by atoms with Crippen LogP contribution in [0.4, 0.5) is 5.82 Å². The van der Waals surface area contributed by atoms with Crippen LogP contribution in [0, 0.1) is 0 Å². The molecule has 128 valence electrons. The average molecular weight is 506 g/mol. The maximum Gasteiger partial charge on any atom is 0.160 e. The van der Waals surface area contributed by atoms with Gasteiger partial charge in [-0.1, -0.05) is 39.1 Å². The van der Waals surface area contributed by atoms with Crippen LogP contribution in [-0.2, 0) is 0 Å². The number of aromatic nitrogens is 1. The lowest BCUT2D eigenvalue weighted by Crippen LogP contribution is -1.95. The molecule has 3 aromatic rings. The number of halogens is 4. The minimum absolute atomic E-state index is 0.0661. The monoisotopic (exact) mass is 503 g/mol. The summed E-state index contributed by atoms with van der Waals surface area (Å²) >= 11 is 18.6. The van der Waals surface area contributed by atoms with Gasteiger partial charge in [0, 0.05) is 15.4 Å². The minimum Gasteiger partial charge on any atom is -0.506 e. The molecule has 0 saturated heterocycles. The number of fused-ring (bicyclic) bond motifs is 1. The van der Waals surface area contributed by atoms with Crippen molar-refractivity contribution in [1.29, 1.82) is 0 Å². The van der Waals surface area contributed by atoms with E-state index in [1.54, 1.807) is 24.3 Å². The van der Waals surface area contributed by atoms with Gasteiger partial charge in [-0.3, -0.25) is 5.43 Å². The molecule has 0 fully saturated rings. The van der Waals surface area contributed by atoms with Crippen molar-refractivity contribution < 1.29 is 10.2 Å². The molecule has 3 rings (SSSR count). The Hall–Kier alpha value is -1.54. The summed E-state index contributed by atoms with van der Waals surface area (Å²) in [4.78, 5) is 4.26. The zero-order chi connectivity index (χ0) is 18.1. The Kier molecular flexibility index (Phi) is 5.38. The van der Waals surface area contributed by atoms with Gasteiger partial charge in [-0.05, 0) is 46.3 Å². The maximum absolute atomic E-state index is 10.0. The zero-order valence-electron chi connectivity index (χ0n) is 12.3. The van der Waals surface area contributed by atoms with Gasteiger partial charge >= 0.3 is 0 Å². The molecule has 0 unspecified atom stereocenters. The topological polar surface area (TPSA) is 77.7 Å². The Bertz CT molecular complexity index is 1010. The first-order valence-electron chi connectivity index (χ1n) is 6.81. The number of nitrogens with one attached hydrogen (secondary N) is 1. The van der Waals surface area contributed by atoms with Crippen molar-refractivity contribution in [3.05, 3.63) is 54.9 Å². The van der Waals surface area contributed by atoms with Crippen LogP contribution in [0.5, 0.6) is 11.5 Å². The van der Waals surface area contributed by atoms with E-state index in [1.165, 1.54) is 12.3 Å². The number of hydrogen-bond acceptors (Lipinski definition) is 5. The van der Waals surface area contributed by atoms with E-state index in [1.807, 2.05) is 0 Å². The molecule has 0 aliphatic carbocycles. The Morgan fingerprint density at radius 2 is 1.80 bits per heavy atom. The summed E-state index contributed by atoms with van der Waals surface area (Å²) in [6, 6.07) is 8.26. The van der Waals surface area contributed by atoms with E-state index in [-0.39, 0.29) is 22.0 Å². The molecule has 0 spiro atoms. The predicted octanol–water partition coefficient (Wildman–Crippen LogP) is 5.92. The van der Waals surface area contributed by atoms with E-state index in [0.717, 1.165) is 4.47 Å². The normalized spacial score (nSPS) is 11.4. The predicted molar refractivity (Wildman–Crippen MR) is 108 cm³/mol. The highest BCUT2D eigenvalue weighted by Gasteiger charge is 2.11. The molecule has 1 aromatic heterocycles. The van der Waals surface area contributed by atoms with Gasteiger partial charge in [-0.15, -0.1) is 0 Å². The summed E-state index contributed by atoms with van der Waals surface area (Å²) < 4.78 is 1.33. The molecular weight excluding hydrogens is 497 g/mol. The van der Waals surface area contributed by atoms with E-state index < -0.39 is 0 Å². The van der Waals surface area contributed by atoms with Crippen molar-refractivity contribution in [1.82, 2.24) is 4.98 Å². The first-order chi connectivity index (χ1) is 11.9. The summed E-state index contributed by atoms with van der Waals surface area (Å²) in [5, 5.41) is 25.2. The molecule has 0 radical (unpaired) electrons. The standard InChI is InChI=1S/C16H9Br2Cl2N3O2/c17-8-3-7(15(24)10(18)4-8)6-21-23-13-2-1-9-11(19)5-12(20)16(25)14(9)22-13/h1-6,24-25H,(H,22,23)/b21-6-. The summed E-state index contributed by atoms with van der Waals surface area (Å²) in [6.07, 6.45) is 1.45. The van der Waals surface area contributed by atoms with E-state index in [4.69, 9.17) is 23.2 Å². The van der Waals surface area contributed by atoms with E-state index in [2.05, 4.69) is 47.4 Å². The van der Waals surface area contributed by atoms with Crippen molar-refractivity contribution in [3.63, 3.8) is 0 Å². The molecule has 0 aliphatic heterocycles. The lowest BCUT2D eigenvalue weighted by Gasteiger charge is -2.07. The molecule has 0 bridgehead atoms. The van der Waals surface area contributed by atoms with Crippen LogP contribution >= 0.6 is 55.1 Å². The fourth-order valence-electron chi connectivity index (χ4n) is 2.12. The number of aromatic hydroxyl groups is 2. The first kappa shape index (κ1) is 18.3. The molecule has 25 heavy (non-hydrogen) atoms. The molecular formula is C16H9Br2Cl2N3O2. The number of nitrogens with zero attached hydrogens (tertiary/aromatic N) is 2. The van der Waals surface area contributed by atoms with Gasteiger partial charge in [-0.25, -0.2) is 4.98 Å². The quantitative estimate of drug-likeness (QED) is 0.305. The van der Waals surface area contributed by atoms with Gasteiger partial charge in [0.1, 0.15) is 17.1 Å². The van der Waals surface area contributed by atoms with Gasteiger partial charge < -0.3 is 10.2 Å². The Labute approximate surface area is 169 Å². The number of rotatable bonds is 3. The van der Waals surface area contributed by atoms with Crippen molar-refractivity contribution in [2.45, 2.75) is 0 Å². The Balaban J connectivity index is 1.90.